The molecule has 1 aliphatic heterocycles. The second-order valence-corrected chi connectivity index (χ2v) is 3.31. The predicted molar refractivity (Wildman–Crippen MR) is 46.7 cm³/mol. The van der Waals surface area contributed by atoms with Gasteiger partial charge in [-0.2, -0.15) is 5.26 Å². The Hall–Kier alpha value is -0.590. The van der Waals surface area contributed by atoms with E-state index in [1.54, 1.807) is 0 Å². The third-order valence-electron chi connectivity index (χ3n) is 2.56. The lowest BCUT2D eigenvalue weighted by Gasteiger charge is -2.32. The Morgan fingerprint density at radius 3 is 2.58 bits per heavy atom. The van der Waals surface area contributed by atoms with Gasteiger partial charge in [0.2, 0.25) is 0 Å². The highest BCUT2D eigenvalue weighted by Crippen LogP contribution is 2.14. The lowest BCUT2D eigenvalue weighted by Crippen LogP contribution is -2.41. The van der Waals surface area contributed by atoms with Crippen molar-refractivity contribution >= 4 is 0 Å². The zero-order valence-corrected chi connectivity index (χ0v) is 7.79. The van der Waals surface area contributed by atoms with Crippen LogP contribution in [0.25, 0.3) is 0 Å². The fourth-order valence-electron chi connectivity index (χ4n) is 1.50. The smallest absolute Gasteiger partial charge is 0.0949 e. The Morgan fingerprint density at radius 2 is 2.08 bits per heavy atom. The summed E-state index contributed by atoms with van der Waals surface area (Å²) in [6.07, 6.45) is 2.12. The van der Waals surface area contributed by atoms with Crippen molar-refractivity contribution in [2.75, 3.05) is 20.3 Å². The van der Waals surface area contributed by atoms with E-state index < -0.39 is 0 Å². The molecular formula is C9H16N2O. The first-order valence-electron chi connectivity index (χ1n) is 4.45. The van der Waals surface area contributed by atoms with Crippen molar-refractivity contribution in [3.8, 4) is 6.07 Å². The van der Waals surface area contributed by atoms with Crippen LogP contribution in [0, 0.1) is 11.3 Å². The van der Waals surface area contributed by atoms with E-state index >= 15 is 0 Å². The third kappa shape index (κ3) is 2.20. The topological polar surface area (TPSA) is 36.3 Å². The first kappa shape index (κ1) is 9.50. The van der Waals surface area contributed by atoms with Crippen molar-refractivity contribution in [2.24, 2.45) is 0 Å². The molecule has 12 heavy (non-hydrogen) atoms. The van der Waals surface area contributed by atoms with Crippen LogP contribution in [0.4, 0.5) is 0 Å². The van der Waals surface area contributed by atoms with Crippen molar-refractivity contribution in [2.45, 2.75) is 31.8 Å². The SMILES string of the molecule is CC(C#N)N(C)C1CCOCC1. The van der Waals surface area contributed by atoms with E-state index in [1.807, 2.05) is 14.0 Å². The lowest BCUT2D eigenvalue weighted by atomic mass is 10.1. The van der Waals surface area contributed by atoms with Crippen LogP contribution < -0.4 is 0 Å². The van der Waals surface area contributed by atoms with Crippen molar-refractivity contribution in [3.63, 3.8) is 0 Å². The molecule has 3 nitrogen and oxygen atoms in total. The molecule has 0 aromatic heterocycles. The summed E-state index contributed by atoms with van der Waals surface area (Å²) in [5.74, 6) is 0. The van der Waals surface area contributed by atoms with Gasteiger partial charge in [-0.3, -0.25) is 4.90 Å². The largest absolute Gasteiger partial charge is 0.381 e. The van der Waals surface area contributed by atoms with Crippen LogP contribution in [0.15, 0.2) is 0 Å². The predicted octanol–water partition coefficient (Wildman–Crippen LogP) is 1.01. The van der Waals surface area contributed by atoms with Gasteiger partial charge >= 0.3 is 0 Å². The van der Waals surface area contributed by atoms with Gasteiger partial charge in [-0.15, -0.1) is 0 Å². The van der Waals surface area contributed by atoms with Gasteiger partial charge in [-0.25, -0.2) is 0 Å². The lowest BCUT2D eigenvalue weighted by molar-refractivity contribution is 0.0379. The van der Waals surface area contributed by atoms with E-state index in [-0.39, 0.29) is 6.04 Å². The van der Waals surface area contributed by atoms with Crippen molar-refractivity contribution in [3.05, 3.63) is 0 Å². The summed E-state index contributed by atoms with van der Waals surface area (Å²) in [6.45, 7) is 3.62. The van der Waals surface area contributed by atoms with E-state index in [4.69, 9.17) is 10.00 Å². The van der Waals surface area contributed by atoms with Crippen LogP contribution in [0.2, 0.25) is 0 Å². The molecule has 1 fully saturated rings. The number of nitrogens with zero attached hydrogens (tertiary/aromatic N) is 2. The molecule has 0 radical (unpaired) electrons. The molecule has 0 aromatic carbocycles. The van der Waals surface area contributed by atoms with E-state index in [9.17, 15) is 0 Å². The van der Waals surface area contributed by atoms with Gasteiger partial charge in [0.15, 0.2) is 0 Å². The summed E-state index contributed by atoms with van der Waals surface area (Å²) in [5.41, 5.74) is 0. The third-order valence-corrected chi connectivity index (χ3v) is 2.56. The Bertz CT molecular complexity index is 170. The average molecular weight is 168 g/mol. The molecule has 3 heteroatoms. The van der Waals surface area contributed by atoms with E-state index in [1.165, 1.54) is 0 Å². The van der Waals surface area contributed by atoms with E-state index in [0.717, 1.165) is 26.1 Å². The Kier molecular flexibility index (Phi) is 3.51. The zero-order valence-electron chi connectivity index (χ0n) is 7.79. The summed E-state index contributed by atoms with van der Waals surface area (Å²) in [7, 11) is 2.02. The molecule has 1 rings (SSSR count). The van der Waals surface area contributed by atoms with Crippen LogP contribution >= 0.6 is 0 Å². The molecule has 1 heterocycles. The summed E-state index contributed by atoms with van der Waals surface area (Å²) >= 11 is 0. The first-order chi connectivity index (χ1) is 5.75. The molecule has 0 bridgehead atoms. The number of hydrogen-bond donors (Lipinski definition) is 0. The summed E-state index contributed by atoms with van der Waals surface area (Å²) in [6, 6.07) is 2.80. The molecule has 0 saturated carbocycles. The maximum absolute atomic E-state index is 8.71. The minimum atomic E-state index is 0.0214. The highest BCUT2D eigenvalue weighted by atomic mass is 16.5. The minimum absolute atomic E-state index is 0.0214. The Balaban J connectivity index is 2.40. The molecule has 1 atom stereocenters. The van der Waals surface area contributed by atoms with Crippen molar-refractivity contribution < 1.29 is 4.74 Å². The van der Waals surface area contributed by atoms with Crippen molar-refractivity contribution in [1.29, 1.82) is 5.26 Å². The highest BCUT2D eigenvalue weighted by Gasteiger charge is 2.21. The first-order valence-corrected chi connectivity index (χ1v) is 4.45. The summed E-state index contributed by atoms with van der Waals surface area (Å²) < 4.78 is 5.25. The fraction of sp³-hybridized carbons (Fsp3) is 0.889. The monoisotopic (exact) mass is 168 g/mol. The average Bonchev–Trinajstić information content (AvgIpc) is 2.17. The van der Waals surface area contributed by atoms with Crippen molar-refractivity contribution in [1.82, 2.24) is 4.90 Å². The van der Waals surface area contributed by atoms with Gasteiger partial charge in [-0.1, -0.05) is 0 Å². The van der Waals surface area contributed by atoms with Crippen LogP contribution in [0.5, 0.6) is 0 Å². The molecule has 0 amide bonds. The fourth-order valence-corrected chi connectivity index (χ4v) is 1.50. The Labute approximate surface area is 73.9 Å². The second kappa shape index (κ2) is 4.44. The Morgan fingerprint density at radius 1 is 1.50 bits per heavy atom. The van der Waals surface area contributed by atoms with Crippen LogP contribution in [-0.4, -0.2) is 37.2 Å². The molecule has 0 spiro atoms. The maximum atomic E-state index is 8.71. The van der Waals surface area contributed by atoms with Gasteiger partial charge in [-0.05, 0) is 26.8 Å². The number of rotatable bonds is 2. The standard InChI is InChI=1S/C9H16N2O/c1-8(7-10)11(2)9-3-5-12-6-4-9/h8-9H,3-6H2,1-2H3. The number of ether oxygens (including phenoxy) is 1. The van der Waals surface area contributed by atoms with Gasteiger partial charge in [0.05, 0.1) is 12.1 Å². The molecule has 68 valence electrons. The van der Waals surface area contributed by atoms with Crippen LogP contribution in [-0.2, 0) is 4.74 Å². The van der Waals surface area contributed by atoms with E-state index in [2.05, 4.69) is 11.0 Å². The highest BCUT2D eigenvalue weighted by molar-refractivity contribution is 4.89. The van der Waals surface area contributed by atoms with E-state index in [0.29, 0.717) is 6.04 Å². The normalized spacial score (nSPS) is 22.2. The number of hydrogen-bond acceptors (Lipinski definition) is 3. The molecule has 0 N–H and O–H groups in total. The summed E-state index contributed by atoms with van der Waals surface area (Å²) in [4.78, 5) is 2.14. The molecule has 0 aliphatic carbocycles. The van der Waals surface area contributed by atoms with Crippen LogP contribution in [0.1, 0.15) is 19.8 Å². The maximum Gasteiger partial charge on any atom is 0.0949 e. The second-order valence-electron chi connectivity index (χ2n) is 3.31. The zero-order chi connectivity index (χ0) is 8.97. The van der Waals surface area contributed by atoms with Gasteiger partial charge in [0.1, 0.15) is 0 Å². The molecule has 1 aliphatic rings. The molecule has 1 saturated heterocycles. The minimum Gasteiger partial charge on any atom is -0.381 e. The van der Waals surface area contributed by atoms with Gasteiger partial charge < -0.3 is 4.74 Å². The number of nitriles is 1. The van der Waals surface area contributed by atoms with Crippen LogP contribution in [0.3, 0.4) is 0 Å². The van der Waals surface area contributed by atoms with Gasteiger partial charge in [0, 0.05) is 19.3 Å². The molecule has 0 aromatic rings. The quantitative estimate of drug-likeness (QED) is 0.617. The summed E-state index contributed by atoms with van der Waals surface area (Å²) in [5, 5.41) is 8.71. The van der Waals surface area contributed by atoms with Gasteiger partial charge in [0.25, 0.3) is 0 Å². The molecular weight excluding hydrogens is 152 g/mol. The molecule has 1 unspecified atom stereocenters.